The second kappa shape index (κ2) is 3.00. The molecule has 1 aromatic rings. The zero-order valence-corrected chi connectivity index (χ0v) is 8.78. The maximum Gasteiger partial charge on any atom is 0.273 e. The lowest BCUT2D eigenvalue weighted by Crippen LogP contribution is -2.31. The van der Waals surface area contributed by atoms with E-state index in [9.17, 15) is 13.2 Å². The molecule has 0 saturated carbocycles. The smallest absolute Gasteiger partial charge is 0.239 e. The zero-order valence-electron chi connectivity index (χ0n) is 8.78. The summed E-state index contributed by atoms with van der Waals surface area (Å²) in [7, 11) is 0. The van der Waals surface area contributed by atoms with Crippen LogP contribution in [0.5, 0.6) is 0 Å². The number of aryl methyl sites for hydroxylation is 1. The van der Waals surface area contributed by atoms with Crippen LogP contribution in [0, 0.1) is 6.92 Å². The van der Waals surface area contributed by atoms with Gasteiger partial charge in [-0.1, -0.05) is 17.7 Å². The second-order valence-electron chi connectivity index (χ2n) is 4.45. The van der Waals surface area contributed by atoms with E-state index in [1.54, 1.807) is 13.0 Å². The van der Waals surface area contributed by atoms with Crippen LogP contribution in [0.4, 0.5) is 13.2 Å². The number of alkyl halides is 3. The number of fused-ring (bicyclic) bond motifs is 1. The van der Waals surface area contributed by atoms with Crippen molar-refractivity contribution in [3.63, 3.8) is 0 Å². The Labute approximate surface area is 87.1 Å². The summed E-state index contributed by atoms with van der Waals surface area (Å²) < 4.78 is 41.1. The average Bonchev–Trinajstić information content (AvgIpc) is 2.13. The van der Waals surface area contributed by atoms with Gasteiger partial charge in [-0.15, -0.1) is 0 Å². The molecule has 2 rings (SSSR count). The van der Waals surface area contributed by atoms with Crippen molar-refractivity contribution in [3.8, 4) is 0 Å². The molecular formula is C12H13F3. The first kappa shape index (κ1) is 10.5. The predicted octanol–water partition coefficient (Wildman–Crippen LogP) is 4.07. The standard InChI is InChI=1S/C12H13F3/c1-8-3-4-9-10(7-8)12(14,15)6-5-11(9,2)13/h3-4,7H,5-6H2,1-2H3. The summed E-state index contributed by atoms with van der Waals surface area (Å²) in [6.45, 7) is 3.11. The Balaban J connectivity index is 2.64. The van der Waals surface area contributed by atoms with Gasteiger partial charge in [-0.05, 0) is 31.9 Å². The molecule has 0 fully saturated rings. The average molecular weight is 214 g/mol. The molecular weight excluding hydrogens is 201 g/mol. The highest BCUT2D eigenvalue weighted by molar-refractivity contribution is 5.40. The fourth-order valence-electron chi connectivity index (χ4n) is 2.08. The first-order chi connectivity index (χ1) is 6.83. The minimum atomic E-state index is -2.88. The minimum Gasteiger partial charge on any atom is -0.239 e. The molecule has 3 heteroatoms. The van der Waals surface area contributed by atoms with E-state index in [2.05, 4.69) is 0 Å². The summed E-state index contributed by atoms with van der Waals surface area (Å²) in [5.41, 5.74) is -0.876. The van der Waals surface area contributed by atoms with Gasteiger partial charge in [0.1, 0.15) is 5.67 Å². The molecule has 15 heavy (non-hydrogen) atoms. The van der Waals surface area contributed by atoms with Gasteiger partial charge >= 0.3 is 0 Å². The van der Waals surface area contributed by atoms with Gasteiger partial charge in [0.05, 0.1) is 0 Å². The molecule has 0 aromatic heterocycles. The second-order valence-corrected chi connectivity index (χ2v) is 4.45. The summed E-state index contributed by atoms with van der Waals surface area (Å²) in [5, 5.41) is 0. The van der Waals surface area contributed by atoms with Crippen molar-refractivity contribution >= 4 is 0 Å². The van der Waals surface area contributed by atoms with Crippen molar-refractivity contribution in [2.45, 2.75) is 38.3 Å². The first-order valence-electron chi connectivity index (χ1n) is 5.01. The molecule has 0 aliphatic heterocycles. The lowest BCUT2D eigenvalue weighted by Gasteiger charge is -2.34. The third kappa shape index (κ3) is 1.64. The van der Waals surface area contributed by atoms with Gasteiger partial charge in [0.2, 0.25) is 0 Å². The van der Waals surface area contributed by atoms with E-state index in [1.165, 1.54) is 19.1 Å². The van der Waals surface area contributed by atoms with E-state index in [1.807, 2.05) is 0 Å². The fraction of sp³-hybridized carbons (Fsp3) is 0.500. The van der Waals surface area contributed by atoms with Crippen LogP contribution in [0.15, 0.2) is 18.2 Å². The Kier molecular flexibility index (Phi) is 2.11. The van der Waals surface area contributed by atoms with Gasteiger partial charge in [0, 0.05) is 12.0 Å². The Morgan fingerprint density at radius 2 is 1.73 bits per heavy atom. The Morgan fingerprint density at radius 1 is 1.07 bits per heavy atom. The van der Waals surface area contributed by atoms with Gasteiger partial charge < -0.3 is 0 Å². The molecule has 0 amide bonds. The third-order valence-corrected chi connectivity index (χ3v) is 3.04. The molecule has 0 radical (unpaired) electrons. The van der Waals surface area contributed by atoms with Crippen molar-refractivity contribution in [1.82, 2.24) is 0 Å². The number of rotatable bonds is 0. The zero-order chi connectivity index (χ0) is 11.3. The SMILES string of the molecule is Cc1ccc2c(c1)C(F)(F)CCC2(C)F. The Hall–Kier alpha value is -0.990. The summed E-state index contributed by atoms with van der Waals surface area (Å²) in [5.74, 6) is -2.88. The van der Waals surface area contributed by atoms with E-state index in [4.69, 9.17) is 0 Å². The summed E-state index contributed by atoms with van der Waals surface area (Å²) in [6, 6.07) is 4.56. The fourth-order valence-corrected chi connectivity index (χ4v) is 2.08. The van der Waals surface area contributed by atoms with Crippen molar-refractivity contribution in [2.24, 2.45) is 0 Å². The van der Waals surface area contributed by atoms with Crippen molar-refractivity contribution in [3.05, 3.63) is 34.9 Å². The topological polar surface area (TPSA) is 0 Å². The van der Waals surface area contributed by atoms with E-state index >= 15 is 0 Å². The van der Waals surface area contributed by atoms with E-state index in [0.717, 1.165) is 5.56 Å². The van der Waals surface area contributed by atoms with E-state index < -0.39 is 18.0 Å². The van der Waals surface area contributed by atoms with Gasteiger partial charge in [-0.25, -0.2) is 13.2 Å². The Bertz CT molecular complexity index is 394. The van der Waals surface area contributed by atoms with Crippen LogP contribution in [-0.2, 0) is 11.6 Å². The number of halogens is 3. The van der Waals surface area contributed by atoms with Gasteiger partial charge in [0.15, 0.2) is 0 Å². The number of benzene rings is 1. The van der Waals surface area contributed by atoms with E-state index in [-0.39, 0.29) is 17.5 Å². The molecule has 0 nitrogen and oxygen atoms in total. The van der Waals surface area contributed by atoms with E-state index in [0.29, 0.717) is 0 Å². The third-order valence-electron chi connectivity index (χ3n) is 3.04. The van der Waals surface area contributed by atoms with Gasteiger partial charge in [0.25, 0.3) is 5.92 Å². The van der Waals surface area contributed by atoms with Crippen LogP contribution in [0.2, 0.25) is 0 Å². The van der Waals surface area contributed by atoms with Gasteiger partial charge in [-0.2, -0.15) is 0 Å². The van der Waals surface area contributed by atoms with Crippen LogP contribution in [0.3, 0.4) is 0 Å². The maximum absolute atomic E-state index is 14.0. The molecule has 82 valence electrons. The van der Waals surface area contributed by atoms with Crippen molar-refractivity contribution in [2.75, 3.05) is 0 Å². The van der Waals surface area contributed by atoms with Crippen LogP contribution >= 0.6 is 0 Å². The molecule has 0 heterocycles. The summed E-state index contributed by atoms with van der Waals surface area (Å²) in [6.07, 6.45) is -0.521. The molecule has 1 aromatic carbocycles. The van der Waals surface area contributed by atoms with Crippen molar-refractivity contribution < 1.29 is 13.2 Å². The van der Waals surface area contributed by atoms with Crippen molar-refractivity contribution in [1.29, 1.82) is 0 Å². The van der Waals surface area contributed by atoms with Crippen LogP contribution in [-0.4, -0.2) is 0 Å². The monoisotopic (exact) mass is 214 g/mol. The summed E-state index contributed by atoms with van der Waals surface area (Å²) in [4.78, 5) is 0. The lowest BCUT2D eigenvalue weighted by molar-refractivity contribution is -0.0474. The molecule has 1 aliphatic carbocycles. The maximum atomic E-state index is 14.0. The highest BCUT2D eigenvalue weighted by atomic mass is 19.3. The highest BCUT2D eigenvalue weighted by Gasteiger charge is 2.45. The molecule has 0 spiro atoms. The predicted molar refractivity (Wildman–Crippen MR) is 52.8 cm³/mol. The van der Waals surface area contributed by atoms with Crippen LogP contribution < -0.4 is 0 Å². The normalized spacial score (nSPS) is 28.6. The largest absolute Gasteiger partial charge is 0.273 e. The lowest BCUT2D eigenvalue weighted by atomic mass is 9.79. The molecule has 1 atom stereocenters. The molecule has 1 aliphatic rings. The number of hydrogen-bond acceptors (Lipinski definition) is 0. The Morgan fingerprint density at radius 3 is 2.40 bits per heavy atom. The minimum absolute atomic E-state index is 0.115. The summed E-state index contributed by atoms with van der Waals surface area (Å²) >= 11 is 0. The quantitative estimate of drug-likeness (QED) is 0.610. The molecule has 0 N–H and O–H groups in total. The molecule has 1 unspecified atom stereocenters. The van der Waals surface area contributed by atoms with Gasteiger partial charge in [-0.3, -0.25) is 0 Å². The van der Waals surface area contributed by atoms with Crippen LogP contribution in [0.1, 0.15) is 36.5 Å². The van der Waals surface area contributed by atoms with Crippen LogP contribution in [0.25, 0.3) is 0 Å². The molecule has 0 bridgehead atoms. The number of hydrogen-bond donors (Lipinski definition) is 0. The first-order valence-corrected chi connectivity index (χ1v) is 5.01. The highest BCUT2D eigenvalue weighted by Crippen LogP contribution is 2.48. The molecule has 0 saturated heterocycles.